The number of H-pyrrole nitrogens is 1. The smallest absolute Gasteiger partial charge is 0.338 e. The van der Waals surface area contributed by atoms with Crippen molar-refractivity contribution < 1.29 is 28.9 Å². The third kappa shape index (κ3) is 9.62. The molecule has 0 atom stereocenters. The monoisotopic (exact) mass is 560 g/mol. The number of nitrogens with one attached hydrogen (secondary N) is 1. The van der Waals surface area contributed by atoms with Gasteiger partial charge in [0.05, 0.1) is 41.7 Å². The zero-order valence-corrected chi connectivity index (χ0v) is 21.2. The summed E-state index contributed by atoms with van der Waals surface area (Å²) in [5.41, 5.74) is 0.993. The number of benzene rings is 2. The second-order valence-corrected chi connectivity index (χ2v) is 7.42. The summed E-state index contributed by atoms with van der Waals surface area (Å²) < 4.78 is 10.5. The fourth-order valence-corrected chi connectivity index (χ4v) is 3.02. The molecule has 0 spiro atoms. The van der Waals surface area contributed by atoms with Crippen molar-refractivity contribution in [2.45, 2.75) is 12.4 Å². The van der Waals surface area contributed by atoms with Crippen LogP contribution < -0.4 is 0 Å². The van der Waals surface area contributed by atoms with Crippen molar-refractivity contribution >= 4 is 34.9 Å². The van der Waals surface area contributed by atoms with Crippen LogP contribution in [0.1, 0.15) is 31.8 Å². The molecule has 0 radical (unpaired) electrons. The van der Waals surface area contributed by atoms with Crippen molar-refractivity contribution in [3.05, 3.63) is 104 Å². The number of halogens is 1. The number of alkyl halides is 1. The van der Waals surface area contributed by atoms with E-state index in [9.17, 15) is 29.8 Å². The Morgan fingerprint density at radius 3 is 1.85 bits per heavy atom. The lowest BCUT2D eigenvalue weighted by molar-refractivity contribution is -0.385. The summed E-state index contributed by atoms with van der Waals surface area (Å²) in [6, 6.07) is 8.03. The van der Waals surface area contributed by atoms with E-state index >= 15 is 0 Å². The quantitative estimate of drug-likeness (QED) is 0.149. The number of methoxy groups -OCH3 is 2. The van der Waals surface area contributed by atoms with E-state index in [0.29, 0.717) is 11.1 Å². The Bertz CT molecular complexity index is 1380. The Morgan fingerprint density at radius 2 is 1.46 bits per heavy atom. The summed E-state index contributed by atoms with van der Waals surface area (Å²) in [6.45, 7) is 0.283. The van der Waals surface area contributed by atoms with Gasteiger partial charge < -0.3 is 9.47 Å². The van der Waals surface area contributed by atoms with Gasteiger partial charge in [0.1, 0.15) is 25.3 Å². The summed E-state index contributed by atoms with van der Waals surface area (Å²) >= 11 is 5.55. The Hall–Kier alpha value is -5.25. The second-order valence-electron chi connectivity index (χ2n) is 7.15. The van der Waals surface area contributed by atoms with Crippen LogP contribution in [-0.4, -0.2) is 66.0 Å². The van der Waals surface area contributed by atoms with E-state index in [-0.39, 0.29) is 34.9 Å². The van der Waals surface area contributed by atoms with E-state index in [4.69, 9.17) is 11.6 Å². The van der Waals surface area contributed by atoms with Gasteiger partial charge in [0.25, 0.3) is 11.4 Å². The predicted octanol–water partition coefficient (Wildman–Crippen LogP) is 2.95. The van der Waals surface area contributed by atoms with Crippen molar-refractivity contribution in [2.24, 2.45) is 0 Å². The van der Waals surface area contributed by atoms with E-state index in [1.54, 1.807) is 0 Å². The van der Waals surface area contributed by atoms with Gasteiger partial charge in [-0.15, -0.1) is 11.6 Å². The minimum absolute atomic E-state index is 0.103. The van der Waals surface area contributed by atoms with Gasteiger partial charge >= 0.3 is 11.9 Å². The van der Waals surface area contributed by atoms with Crippen molar-refractivity contribution in [3.63, 3.8) is 0 Å². The SMILES string of the molecule is COC(=O)c1cc(CCl)cc([N+](=O)[O-])c1.COC(=O)c1cc(Cn2cncn2)cc([N+](=O)[O-])c1.c1nc[nH]n1. The topological polar surface area (TPSA) is 211 Å². The van der Waals surface area contributed by atoms with E-state index in [0.717, 1.165) is 6.07 Å². The molecule has 0 saturated heterocycles. The Balaban J connectivity index is 0.000000236. The lowest BCUT2D eigenvalue weighted by Gasteiger charge is -2.05. The minimum Gasteiger partial charge on any atom is -0.465 e. The molecule has 4 rings (SSSR count). The summed E-state index contributed by atoms with van der Waals surface area (Å²) in [4.78, 5) is 50.2. The van der Waals surface area contributed by atoms with Gasteiger partial charge in [0.15, 0.2) is 0 Å². The fourth-order valence-electron chi connectivity index (χ4n) is 2.87. The van der Waals surface area contributed by atoms with Gasteiger partial charge in [-0.05, 0) is 23.3 Å². The number of non-ortho nitro benzene ring substituents is 2. The molecule has 2 heterocycles. The first-order valence-corrected chi connectivity index (χ1v) is 11.1. The Kier molecular flexibility index (Phi) is 11.6. The number of nitro groups is 2. The van der Waals surface area contributed by atoms with Crippen LogP contribution in [0.5, 0.6) is 0 Å². The molecule has 39 heavy (non-hydrogen) atoms. The molecule has 16 nitrogen and oxygen atoms in total. The fraction of sp³-hybridized carbons (Fsp3) is 0.182. The number of nitrogens with zero attached hydrogens (tertiary/aromatic N) is 7. The summed E-state index contributed by atoms with van der Waals surface area (Å²) in [7, 11) is 2.43. The summed E-state index contributed by atoms with van der Waals surface area (Å²) in [5, 5.41) is 31.3. The third-order valence-electron chi connectivity index (χ3n) is 4.52. The van der Waals surface area contributed by atoms with Gasteiger partial charge in [-0.1, -0.05) is 0 Å². The number of carbonyl (C=O) groups excluding carboxylic acids is 2. The zero-order chi connectivity index (χ0) is 28.8. The number of hydrogen-bond donors (Lipinski definition) is 1. The number of hydrogen-bond acceptors (Lipinski definition) is 12. The zero-order valence-electron chi connectivity index (χ0n) is 20.5. The van der Waals surface area contributed by atoms with Gasteiger partial charge in [0.2, 0.25) is 0 Å². The van der Waals surface area contributed by atoms with E-state index in [1.165, 1.54) is 74.5 Å². The molecule has 0 aliphatic carbocycles. The minimum atomic E-state index is -0.622. The third-order valence-corrected chi connectivity index (χ3v) is 4.82. The molecule has 0 aliphatic heterocycles. The van der Waals surface area contributed by atoms with Crippen LogP contribution in [-0.2, 0) is 21.9 Å². The van der Waals surface area contributed by atoms with E-state index < -0.39 is 21.8 Å². The highest BCUT2D eigenvalue weighted by Crippen LogP contribution is 2.20. The van der Waals surface area contributed by atoms with Gasteiger partial charge in [-0.25, -0.2) is 24.2 Å². The lowest BCUT2D eigenvalue weighted by Crippen LogP contribution is -2.06. The molecule has 4 aromatic rings. The molecule has 0 bridgehead atoms. The number of esters is 2. The average Bonchev–Trinajstić information content (AvgIpc) is 3.69. The Morgan fingerprint density at radius 1 is 0.897 bits per heavy atom. The maximum absolute atomic E-state index is 11.5. The molecule has 17 heteroatoms. The molecule has 1 N–H and O–H groups in total. The van der Waals surface area contributed by atoms with Crippen LogP contribution in [0.4, 0.5) is 11.4 Å². The first kappa shape index (κ1) is 30.0. The second kappa shape index (κ2) is 15.1. The number of nitro benzene ring substituents is 2. The molecule has 0 saturated carbocycles. The number of ether oxygens (including phenoxy) is 2. The Labute approximate surface area is 224 Å². The van der Waals surface area contributed by atoms with Crippen LogP contribution >= 0.6 is 11.6 Å². The molecular weight excluding hydrogens is 540 g/mol. The van der Waals surface area contributed by atoms with Crippen molar-refractivity contribution in [2.75, 3.05) is 14.2 Å². The van der Waals surface area contributed by atoms with Crippen LogP contribution in [0.15, 0.2) is 61.7 Å². The van der Waals surface area contributed by atoms with E-state index in [2.05, 4.69) is 34.7 Å². The summed E-state index contributed by atoms with van der Waals surface area (Å²) in [6.07, 6.45) is 5.80. The molecule has 0 fully saturated rings. The molecule has 204 valence electrons. The molecule has 0 unspecified atom stereocenters. The van der Waals surface area contributed by atoms with Crippen molar-refractivity contribution in [1.29, 1.82) is 0 Å². The number of aromatic amines is 1. The standard InChI is InChI=1S/C11H10N4O4.C9H8ClNO4.C2H3N3/c1-19-11(16)9-2-8(3-10(4-9)15(17)18)5-14-7-12-6-13-14;1-15-9(12)7-2-6(5-10)3-8(4-7)11(13)14;1-3-2-5-4-1/h2-4,6-7H,5H2,1H3;2-4H,5H2,1H3;1-2H,(H,3,4,5). The van der Waals surface area contributed by atoms with Gasteiger partial charge in [-0.2, -0.15) is 10.2 Å². The average molecular weight is 561 g/mol. The molecular formula is C22H21ClN8O8. The maximum atomic E-state index is 11.5. The number of aromatic nitrogens is 6. The van der Waals surface area contributed by atoms with Crippen molar-refractivity contribution in [3.8, 4) is 0 Å². The predicted molar refractivity (Wildman–Crippen MR) is 134 cm³/mol. The highest BCUT2D eigenvalue weighted by atomic mass is 35.5. The largest absolute Gasteiger partial charge is 0.465 e. The first-order valence-electron chi connectivity index (χ1n) is 10.6. The molecule has 2 aromatic carbocycles. The molecule has 0 aliphatic rings. The maximum Gasteiger partial charge on any atom is 0.338 e. The van der Waals surface area contributed by atoms with Gasteiger partial charge in [-0.3, -0.25) is 25.3 Å². The van der Waals surface area contributed by atoms with Crippen molar-refractivity contribution in [1.82, 2.24) is 29.9 Å². The van der Waals surface area contributed by atoms with Crippen LogP contribution in [0.25, 0.3) is 0 Å². The van der Waals surface area contributed by atoms with Crippen LogP contribution in [0, 0.1) is 20.2 Å². The normalized spacial score (nSPS) is 9.72. The highest BCUT2D eigenvalue weighted by molar-refractivity contribution is 6.17. The van der Waals surface area contributed by atoms with Gasteiger partial charge in [0, 0.05) is 30.1 Å². The molecule has 2 aromatic heterocycles. The lowest BCUT2D eigenvalue weighted by atomic mass is 10.1. The number of rotatable bonds is 7. The van der Waals surface area contributed by atoms with Crippen LogP contribution in [0.3, 0.4) is 0 Å². The van der Waals surface area contributed by atoms with Crippen LogP contribution in [0.2, 0.25) is 0 Å². The number of carbonyl (C=O) groups is 2. The summed E-state index contributed by atoms with van der Waals surface area (Å²) in [5.74, 6) is -1.14. The van der Waals surface area contributed by atoms with E-state index in [1.807, 2.05) is 0 Å². The molecule has 0 amide bonds. The highest BCUT2D eigenvalue weighted by Gasteiger charge is 2.16. The first-order chi connectivity index (χ1) is 18.7.